The Balaban J connectivity index is 1.27. The first-order valence-electron chi connectivity index (χ1n) is 9.59. The number of benzene rings is 3. The van der Waals surface area contributed by atoms with E-state index in [1.807, 2.05) is 29.2 Å². The van der Waals surface area contributed by atoms with Gasteiger partial charge in [-0.25, -0.2) is 0 Å². The highest BCUT2D eigenvalue weighted by Crippen LogP contribution is 2.34. The Hall–Kier alpha value is -2.56. The van der Waals surface area contributed by atoms with Gasteiger partial charge < -0.3 is 19.3 Å². The van der Waals surface area contributed by atoms with Gasteiger partial charge in [0.2, 0.25) is 0 Å². The molecule has 5 rings (SSSR count). The maximum atomic E-state index is 6.55. The topological polar surface area (TPSA) is 24.9 Å². The molecule has 0 saturated heterocycles. The standard InChI is InChI=1S/C23H20Cl2N2O2/c24-22-23(25)27(13-19-14-28-20-7-3-4-8-21(20)29-19)15-26(22)12-16-9-10-17-5-1-2-6-18(17)11-16/h1-11,19H,12-15H2. The average Bonchev–Trinajstić information content (AvgIpc) is 3.01. The summed E-state index contributed by atoms with van der Waals surface area (Å²) in [6, 6.07) is 22.5. The molecule has 0 radical (unpaired) electrons. The van der Waals surface area contributed by atoms with Gasteiger partial charge in [0.05, 0.1) is 13.2 Å². The number of ether oxygens (including phenoxy) is 2. The smallest absolute Gasteiger partial charge is 0.161 e. The summed E-state index contributed by atoms with van der Waals surface area (Å²) in [5, 5.41) is 3.57. The molecule has 2 aliphatic heterocycles. The summed E-state index contributed by atoms with van der Waals surface area (Å²) in [6.07, 6.45) is -0.108. The van der Waals surface area contributed by atoms with Crippen LogP contribution in [0.3, 0.4) is 0 Å². The number of hydrogen-bond donors (Lipinski definition) is 0. The maximum Gasteiger partial charge on any atom is 0.161 e. The molecule has 2 aliphatic rings. The SMILES string of the molecule is ClC1=C(Cl)N(CC2COc3ccccc3O2)CN1Cc1ccc2ccccc2c1. The van der Waals surface area contributed by atoms with E-state index >= 15 is 0 Å². The number of nitrogens with zero attached hydrogens (tertiary/aromatic N) is 2. The monoisotopic (exact) mass is 426 g/mol. The molecule has 1 unspecified atom stereocenters. The van der Waals surface area contributed by atoms with E-state index in [0.717, 1.165) is 11.5 Å². The van der Waals surface area contributed by atoms with Gasteiger partial charge in [-0.05, 0) is 34.5 Å². The van der Waals surface area contributed by atoms with Crippen LogP contribution in [0.2, 0.25) is 0 Å². The maximum absolute atomic E-state index is 6.55. The molecule has 148 valence electrons. The summed E-state index contributed by atoms with van der Waals surface area (Å²) < 4.78 is 11.9. The van der Waals surface area contributed by atoms with Gasteiger partial charge in [0, 0.05) is 6.54 Å². The van der Waals surface area contributed by atoms with Crippen molar-refractivity contribution in [3.63, 3.8) is 0 Å². The lowest BCUT2D eigenvalue weighted by atomic mass is 10.1. The molecule has 3 aromatic rings. The van der Waals surface area contributed by atoms with Gasteiger partial charge in [0.25, 0.3) is 0 Å². The van der Waals surface area contributed by atoms with Crippen molar-refractivity contribution in [1.82, 2.24) is 9.80 Å². The van der Waals surface area contributed by atoms with E-state index < -0.39 is 0 Å². The number of hydrogen-bond acceptors (Lipinski definition) is 4. The summed E-state index contributed by atoms with van der Waals surface area (Å²) >= 11 is 13.1. The first-order chi connectivity index (χ1) is 14.2. The third-order valence-electron chi connectivity index (χ3n) is 5.25. The van der Waals surface area contributed by atoms with Crippen LogP contribution in [-0.2, 0) is 6.54 Å². The van der Waals surface area contributed by atoms with Gasteiger partial charge in [-0.2, -0.15) is 0 Å². The molecular formula is C23H20Cl2N2O2. The molecular weight excluding hydrogens is 407 g/mol. The van der Waals surface area contributed by atoms with Gasteiger partial charge >= 0.3 is 0 Å². The Morgan fingerprint density at radius 2 is 1.55 bits per heavy atom. The second-order valence-corrected chi connectivity index (χ2v) is 8.04. The van der Waals surface area contributed by atoms with Crippen molar-refractivity contribution in [3.05, 3.63) is 82.6 Å². The molecule has 3 aromatic carbocycles. The van der Waals surface area contributed by atoms with E-state index in [4.69, 9.17) is 32.7 Å². The number of halogens is 2. The zero-order valence-electron chi connectivity index (χ0n) is 15.7. The first-order valence-corrected chi connectivity index (χ1v) is 10.3. The van der Waals surface area contributed by atoms with E-state index in [1.165, 1.54) is 16.3 Å². The Morgan fingerprint density at radius 1 is 0.828 bits per heavy atom. The van der Waals surface area contributed by atoms with E-state index in [0.29, 0.717) is 36.7 Å². The molecule has 6 heteroatoms. The van der Waals surface area contributed by atoms with Gasteiger partial charge in [0.1, 0.15) is 16.9 Å². The Kier molecular flexibility index (Phi) is 4.90. The fourth-order valence-corrected chi connectivity index (χ4v) is 4.28. The van der Waals surface area contributed by atoms with Crippen LogP contribution in [0.4, 0.5) is 0 Å². The molecule has 2 heterocycles. The lowest BCUT2D eigenvalue weighted by molar-refractivity contribution is 0.0643. The largest absolute Gasteiger partial charge is 0.486 e. The van der Waals surface area contributed by atoms with Gasteiger partial charge in [-0.15, -0.1) is 0 Å². The van der Waals surface area contributed by atoms with E-state index in [2.05, 4.69) is 47.4 Å². The molecule has 0 bridgehead atoms. The number of rotatable bonds is 4. The summed E-state index contributed by atoms with van der Waals surface area (Å²) in [6.45, 7) is 2.41. The van der Waals surface area contributed by atoms with Crippen molar-refractivity contribution in [2.24, 2.45) is 0 Å². The lowest BCUT2D eigenvalue weighted by Gasteiger charge is -2.30. The summed E-state index contributed by atoms with van der Waals surface area (Å²) in [5.41, 5.74) is 1.19. The molecule has 0 aromatic heterocycles. The second kappa shape index (κ2) is 7.69. The fraction of sp³-hybridized carbons (Fsp3) is 0.217. The van der Waals surface area contributed by atoms with Crippen molar-refractivity contribution in [1.29, 1.82) is 0 Å². The number of fused-ring (bicyclic) bond motifs is 2. The Bertz CT molecular complexity index is 1090. The predicted molar refractivity (Wildman–Crippen MR) is 116 cm³/mol. The predicted octanol–water partition coefficient (Wildman–Crippen LogP) is 5.36. The molecule has 0 spiro atoms. The van der Waals surface area contributed by atoms with Crippen LogP contribution >= 0.6 is 23.2 Å². The summed E-state index contributed by atoms with van der Waals surface area (Å²) in [4.78, 5) is 4.11. The van der Waals surface area contributed by atoms with Crippen molar-refractivity contribution in [3.8, 4) is 11.5 Å². The van der Waals surface area contributed by atoms with Crippen LogP contribution in [0.15, 0.2) is 77.0 Å². The molecule has 0 saturated carbocycles. The molecule has 0 amide bonds. The normalized spacial score (nSPS) is 18.6. The molecule has 0 fully saturated rings. The van der Waals surface area contributed by atoms with Gasteiger partial charge in [-0.3, -0.25) is 0 Å². The second-order valence-electron chi connectivity index (χ2n) is 7.32. The van der Waals surface area contributed by atoms with Crippen LogP contribution < -0.4 is 9.47 Å². The highest BCUT2D eigenvalue weighted by atomic mass is 35.5. The van der Waals surface area contributed by atoms with Gasteiger partial charge in [0.15, 0.2) is 17.6 Å². The number of para-hydroxylation sites is 2. The Morgan fingerprint density at radius 3 is 2.41 bits per heavy atom. The van der Waals surface area contributed by atoms with Crippen molar-refractivity contribution in [2.75, 3.05) is 19.8 Å². The zero-order valence-corrected chi connectivity index (χ0v) is 17.2. The van der Waals surface area contributed by atoms with Crippen molar-refractivity contribution >= 4 is 34.0 Å². The van der Waals surface area contributed by atoms with Crippen LogP contribution in [0, 0.1) is 0 Å². The minimum atomic E-state index is -0.108. The summed E-state index contributed by atoms with van der Waals surface area (Å²) in [5.74, 6) is 1.55. The van der Waals surface area contributed by atoms with E-state index in [9.17, 15) is 0 Å². The Labute approximate surface area is 179 Å². The van der Waals surface area contributed by atoms with E-state index in [-0.39, 0.29) is 6.10 Å². The van der Waals surface area contributed by atoms with Crippen LogP contribution in [0.1, 0.15) is 5.56 Å². The molecule has 0 N–H and O–H groups in total. The third-order valence-corrected chi connectivity index (χ3v) is 6.18. The van der Waals surface area contributed by atoms with Gasteiger partial charge in [-0.1, -0.05) is 71.7 Å². The van der Waals surface area contributed by atoms with Crippen molar-refractivity contribution in [2.45, 2.75) is 12.6 Å². The minimum Gasteiger partial charge on any atom is -0.486 e. The average molecular weight is 427 g/mol. The first kappa shape index (κ1) is 18.5. The van der Waals surface area contributed by atoms with Crippen LogP contribution in [-0.4, -0.2) is 35.7 Å². The zero-order chi connectivity index (χ0) is 19.8. The lowest BCUT2D eigenvalue weighted by Crippen LogP contribution is -2.40. The molecule has 0 aliphatic carbocycles. The minimum absolute atomic E-state index is 0.108. The fourth-order valence-electron chi connectivity index (χ4n) is 3.80. The highest BCUT2D eigenvalue weighted by molar-refractivity contribution is 6.38. The van der Waals surface area contributed by atoms with Crippen molar-refractivity contribution < 1.29 is 9.47 Å². The third kappa shape index (κ3) is 3.70. The highest BCUT2D eigenvalue weighted by Gasteiger charge is 2.31. The summed E-state index contributed by atoms with van der Waals surface area (Å²) in [7, 11) is 0. The van der Waals surface area contributed by atoms with Crippen LogP contribution in [0.25, 0.3) is 10.8 Å². The quantitative estimate of drug-likeness (QED) is 0.524. The van der Waals surface area contributed by atoms with Crippen LogP contribution in [0.5, 0.6) is 11.5 Å². The van der Waals surface area contributed by atoms with E-state index in [1.54, 1.807) is 0 Å². The molecule has 29 heavy (non-hydrogen) atoms. The molecule has 4 nitrogen and oxygen atoms in total. The molecule has 1 atom stereocenters.